The van der Waals surface area contributed by atoms with Crippen molar-refractivity contribution in [3.63, 3.8) is 0 Å². The number of nitrogens with two attached hydrogens (primary N) is 1. The van der Waals surface area contributed by atoms with Crippen LogP contribution in [-0.2, 0) is 0 Å². The molecule has 0 heterocycles. The van der Waals surface area contributed by atoms with Gasteiger partial charge in [-0.15, -0.1) is 0 Å². The predicted molar refractivity (Wildman–Crippen MR) is 75.2 cm³/mol. The molecule has 0 fully saturated rings. The largest absolute Gasteiger partial charge is 0.398 e. The van der Waals surface area contributed by atoms with E-state index in [-0.39, 0.29) is 5.78 Å². The van der Waals surface area contributed by atoms with E-state index in [4.69, 9.17) is 17.3 Å². The molecule has 2 rings (SSSR count). The summed E-state index contributed by atoms with van der Waals surface area (Å²) in [7, 11) is 0. The third kappa shape index (κ3) is 2.54. The number of benzene rings is 2. The summed E-state index contributed by atoms with van der Waals surface area (Å²) in [6.07, 6.45) is 0. The molecule has 2 N–H and O–H groups in total. The molecule has 0 amide bonds. The number of carbonyl (C=O) groups excluding carboxylic acids is 1. The molecule has 2 aromatic carbocycles. The van der Waals surface area contributed by atoms with Crippen LogP contribution in [0.2, 0.25) is 5.02 Å². The van der Waals surface area contributed by atoms with Crippen molar-refractivity contribution in [2.75, 3.05) is 5.73 Å². The minimum absolute atomic E-state index is 0.0956. The highest BCUT2D eigenvalue weighted by Gasteiger charge is 2.13. The van der Waals surface area contributed by atoms with Crippen molar-refractivity contribution in [1.82, 2.24) is 0 Å². The Morgan fingerprint density at radius 1 is 1.06 bits per heavy atom. The molecule has 0 atom stereocenters. The topological polar surface area (TPSA) is 43.1 Å². The Balaban J connectivity index is 2.51. The van der Waals surface area contributed by atoms with Gasteiger partial charge < -0.3 is 5.73 Å². The normalized spacial score (nSPS) is 10.4. The number of anilines is 1. The van der Waals surface area contributed by atoms with Gasteiger partial charge in [-0.3, -0.25) is 4.79 Å². The van der Waals surface area contributed by atoms with Crippen molar-refractivity contribution in [3.05, 3.63) is 63.7 Å². The van der Waals surface area contributed by atoms with Crippen LogP contribution in [0, 0.1) is 13.8 Å². The first-order valence-electron chi connectivity index (χ1n) is 5.65. The van der Waals surface area contributed by atoms with Crippen molar-refractivity contribution < 1.29 is 4.79 Å². The molecule has 0 aromatic heterocycles. The van der Waals surface area contributed by atoms with Crippen LogP contribution in [0.15, 0.2) is 36.4 Å². The summed E-state index contributed by atoms with van der Waals surface area (Å²) in [5, 5.41) is 0.511. The van der Waals surface area contributed by atoms with Crippen LogP contribution >= 0.6 is 11.6 Å². The fraction of sp³-hybridized carbons (Fsp3) is 0.133. The minimum Gasteiger partial charge on any atom is -0.398 e. The molecular formula is C15H14ClNO. The summed E-state index contributed by atoms with van der Waals surface area (Å²) >= 11 is 5.90. The average Bonchev–Trinajstić information content (AvgIpc) is 2.30. The summed E-state index contributed by atoms with van der Waals surface area (Å²) < 4.78 is 0. The zero-order chi connectivity index (χ0) is 13.3. The van der Waals surface area contributed by atoms with Crippen LogP contribution in [0.25, 0.3) is 0 Å². The number of hydrogen-bond donors (Lipinski definition) is 1. The fourth-order valence-electron chi connectivity index (χ4n) is 1.99. The maximum Gasteiger partial charge on any atom is 0.195 e. The summed E-state index contributed by atoms with van der Waals surface area (Å²) in [4.78, 5) is 12.4. The maximum atomic E-state index is 12.4. The third-order valence-electron chi connectivity index (χ3n) is 2.74. The number of ketones is 1. The highest BCUT2D eigenvalue weighted by Crippen LogP contribution is 2.22. The van der Waals surface area contributed by atoms with Crippen molar-refractivity contribution in [3.8, 4) is 0 Å². The smallest absolute Gasteiger partial charge is 0.195 e. The van der Waals surface area contributed by atoms with Gasteiger partial charge in [-0.2, -0.15) is 0 Å². The molecule has 0 saturated carbocycles. The van der Waals surface area contributed by atoms with E-state index >= 15 is 0 Å². The number of rotatable bonds is 2. The van der Waals surface area contributed by atoms with E-state index in [1.807, 2.05) is 32.0 Å². The molecular weight excluding hydrogens is 246 g/mol. The first-order valence-corrected chi connectivity index (χ1v) is 6.03. The van der Waals surface area contributed by atoms with Crippen LogP contribution in [0.4, 0.5) is 5.69 Å². The molecule has 2 aromatic rings. The highest BCUT2D eigenvalue weighted by molar-refractivity contribution is 6.31. The molecule has 3 heteroatoms. The number of carbonyl (C=O) groups is 1. The van der Waals surface area contributed by atoms with Crippen molar-refractivity contribution in [1.29, 1.82) is 0 Å². The molecule has 0 saturated heterocycles. The zero-order valence-corrected chi connectivity index (χ0v) is 11.1. The standard InChI is InChI=1S/C15H14ClNO/c1-9-5-10(2)7-11(6-9)15(18)13-8-12(16)3-4-14(13)17/h3-8H,17H2,1-2H3. The van der Waals surface area contributed by atoms with Gasteiger partial charge in [-0.05, 0) is 44.2 Å². The Morgan fingerprint density at radius 2 is 1.67 bits per heavy atom. The fourth-order valence-corrected chi connectivity index (χ4v) is 2.16. The number of hydrogen-bond acceptors (Lipinski definition) is 2. The Labute approximate surface area is 111 Å². The lowest BCUT2D eigenvalue weighted by Crippen LogP contribution is -2.06. The number of nitrogen functional groups attached to an aromatic ring is 1. The maximum absolute atomic E-state index is 12.4. The van der Waals surface area contributed by atoms with Crippen molar-refractivity contribution in [2.24, 2.45) is 0 Å². The van der Waals surface area contributed by atoms with Gasteiger partial charge >= 0.3 is 0 Å². The van der Waals surface area contributed by atoms with Gasteiger partial charge in [-0.25, -0.2) is 0 Å². The average molecular weight is 260 g/mol. The molecule has 0 bridgehead atoms. The van der Waals surface area contributed by atoms with Gasteiger partial charge in [0.1, 0.15) is 0 Å². The van der Waals surface area contributed by atoms with Gasteiger partial charge in [0.25, 0.3) is 0 Å². The zero-order valence-electron chi connectivity index (χ0n) is 10.3. The second-order valence-electron chi connectivity index (χ2n) is 4.44. The van der Waals surface area contributed by atoms with E-state index in [2.05, 4.69) is 0 Å². The highest BCUT2D eigenvalue weighted by atomic mass is 35.5. The number of aryl methyl sites for hydroxylation is 2. The van der Waals surface area contributed by atoms with Crippen LogP contribution in [0.5, 0.6) is 0 Å². The van der Waals surface area contributed by atoms with Crippen LogP contribution < -0.4 is 5.73 Å². The summed E-state index contributed by atoms with van der Waals surface area (Å²) in [5.41, 5.74) is 9.47. The molecule has 0 spiro atoms. The monoisotopic (exact) mass is 259 g/mol. The molecule has 0 unspecified atom stereocenters. The van der Waals surface area contributed by atoms with Crippen LogP contribution in [0.3, 0.4) is 0 Å². The summed E-state index contributed by atoms with van der Waals surface area (Å²) in [6.45, 7) is 3.93. The minimum atomic E-state index is -0.0956. The lowest BCUT2D eigenvalue weighted by atomic mass is 9.98. The second kappa shape index (κ2) is 4.83. The lowest BCUT2D eigenvalue weighted by molar-refractivity contribution is 0.103. The Morgan fingerprint density at radius 3 is 2.28 bits per heavy atom. The quantitative estimate of drug-likeness (QED) is 0.659. The van der Waals surface area contributed by atoms with E-state index in [0.29, 0.717) is 21.8 Å². The van der Waals surface area contributed by atoms with Gasteiger partial charge in [-0.1, -0.05) is 28.8 Å². The van der Waals surface area contributed by atoms with Gasteiger partial charge in [0.15, 0.2) is 5.78 Å². The Hall–Kier alpha value is -1.80. The lowest BCUT2D eigenvalue weighted by Gasteiger charge is -2.07. The molecule has 92 valence electrons. The van der Waals surface area contributed by atoms with Gasteiger partial charge in [0.05, 0.1) is 0 Å². The van der Waals surface area contributed by atoms with Crippen molar-refractivity contribution >= 4 is 23.1 Å². The molecule has 0 aliphatic rings. The molecule has 2 nitrogen and oxygen atoms in total. The van der Waals surface area contributed by atoms with E-state index < -0.39 is 0 Å². The number of halogens is 1. The Kier molecular flexibility index (Phi) is 3.39. The van der Waals surface area contributed by atoms with Crippen molar-refractivity contribution in [2.45, 2.75) is 13.8 Å². The first-order chi connectivity index (χ1) is 8.47. The second-order valence-corrected chi connectivity index (χ2v) is 4.87. The SMILES string of the molecule is Cc1cc(C)cc(C(=O)c2cc(Cl)ccc2N)c1. The predicted octanol–water partition coefficient (Wildman–Crippen LogP) is 3.77. The van der Waals surface area contributed by atoms with E-state index in [0.717, 1.165) is 11.1 Å². The van der Waals surface area contributed by atoms with E-state index in [1.165, 1.54) is 0 Å². The van der Waals surface area contributed by atoms with Gasteiger partial charge in [0, 0.05) is 21.8 Å². The van der Waals surface area contributed by atoms with Gasteiger partial charge in [0.2, 0.25) is 0 Å². The first kappa shape index (κ1) is 12.7. The van der Waals surface area contributed by atoms with E-state index in [1.54, 1.807) is 18.2 Å². The van der Waals surface area contributed by atoms with Crippen LogP contribution in [0.1, 0.15) is 27.0 Å². The molecule has 0 aliphatic heterocycles. The molecule has 18 heavy (non-hydrogen) atoms. The molecule has 0 aliphatic carbocycles. The molecule has 0 radical (unpaired) electrons. The third-order valence-corrected chi connectivity index (χ3v) is 2.98. The Bertz CT molecular complexity index is 600. The summed E-state index contributed by atoms with van der Waals surface area (Å²) in [5.74, 6) is -0.0956. The van der Waals surface area contributed by atoms with E-state index in [9.17, 15) is 4.79 Å². The van der Waals surface area contributed by atoms with Crippen LogP contribution in [-0.4, -0.2) is 5.78 Å². The summed E-state index contributed by atoms with van der Waals surface area (Å²) in [6, 6.07) is 10.7.